The van der Waals surface area contributed by atoms with Gasteiger partial charge in [0.1, 0.15) is 6.61 Å². The van der Waals surface area contributed by atoms with Gasteiger partial charge in [0.25, 0.3) is 5.91 Å². The molecule has 3 rings (SSSR count). The predicted octanol–water partition coefficient (Wildman–Crippen LogP) is 0.527. The van der Waals surface area contributed by atoms with Crippen LogP contribution in [0.15, 0.2) is 36.9 Å². The van der Waals surface area contributed by atoms with Gasteiger partial charge in [-0.3, -0.25) is 9.78 Å². The van der Waals surface area contributed by atoms with Gasteiger partial charge in [0, 0.05) is 37.0 Å². The zero-order valence-corrected chi connectivity index (χ0v) is 13.9. The maximum atomic E-state index is 12.4. The minimum Gasteiger partial charge on any atom is -0.480 e. The summed E-state index contributed by atoms with van der Waals surface area (Å²) in [5.41, 5.74) is 1.04. The normalized spacial score (nSPS) is 19.7. The van der Waals surface area contributed by atoms with Crippen molar-refractivity contribution in [1.82, 2.24) is 20.3 Å². The van der Waals surface area contributed by atoms with Crippen molar-refractivity contribution < 1.29 is 24.2 Å². The fourth-order valence-electron chi connectivity index (χ4n) is 2.57. The smallest absolute Gasteiger partial charge is 0.329 e. The van der Waals surface area contributed by atoms with Crippen LogP contribution in [0.2, 0.25) is 0 Å². The molecule has 9 heteroatoms. The van der Waals surface area contributed by atoms with Crippen molar-refractivity contribution in [3.8, 4) is 11.4 Å². The number of aliphatic carboxylic acids is 1. The second kappa shape index (κ2) is 8.45. The summed E-state index contributed by atoms with van der Waals surface area (Å²) in [5, 5.41) is 11.5. The van der Waals surface area contributed by atoms with Crippen LogP contribution >= 0.6 is 0 Å². The summed E-state index contributed by atoms with van der Waals surface area (Å²) >= 11 is 0. The summed E-state index contributed by atoms with van der Waals surface area (Å²) in [5.74, 6) is -0.957. The van der Waals surface area contributed by atoms with Gasteiger partial charge in [-0.1, -0.05) is 0 Å². The maximum absolute atomic E-state index is 12.4. The number of ether oxygens (including phenoxy) is 2. The van der Waals surface area contributed by atoms with Crippen molar-refractivity contribution in [1.29, 1.82) is 0 Å². The third-order valence-corrected chi connectivity index (χ3v) is 3.86. The molecule has 9 nitrogen and oxygen atoms in total. The third-order valence-electron chi connectivity index (χ3n) is 3.86. The van der Waals surface area contributed by atoms with Crippen molar-refractivity contribution in [2.24, 2.45) is 0 Å². The van der Waals surface area contributed by atoms with Crippen LogP contribution in [-0.2, 0) is 14.3 Å². The molecule has 0 aliphatic carbocycles. The van der Waals surface area contributed by atoms with Gasteiger partial charge in [0.15, 0.2) is 5.82 Å². The van der Waals surface area contributed by atoms with E-state index in [0.29, 0.717) is 24.4 Å². The Morgan fingerprint density at radius 2 is 2.12 bits per heavy atom. The molecule has 136 valence electrons. The van der Waals surface area contributed by atoms with E-state index in [1.807, 2.05) is 6.07 Å². The Hall–Kier alpha value is -2.91. The number of hydrogen-bond donors (Lipinski definition) is 2. The lowest BCUT2D eigenvalue weighted by Gasteiger charge is -2.31. The molecule has 1 amide bonds. The minimum atomic E-state index is -1.05. The Morgan fingerprint density at radius 3 is 2.81 bits per heavy atom. The van der Waals surface area contributed by atoms with Crippen molar-refractivity contribution >= 4 is 11.9 Å². The first-order chi connectivity index (χ1) is 12.6. The van der Waals surface area contributed by atoms with Crippen molar-refractivity contribution in [2.75, 3.05) is 19.8 Å². The number of pyridine rings is 1. The Kier molecular flexibility index (Phi) is 5.82. The number of amides is 1. The molecule has 0 aromatic carbocycles. The molecular weight excluding hydrogens is 340 g/mol. The quantitative estimate of drug-likeness (QED) is 0.766. The second-order valence-corrected chi connectivity index (χ2v) is 5.72. The number of carbonyl (C=O) groups is 2. The van der Waals surface area contributed by atoms with Gasteiger partial charge in [0.2, 0.25) is 0 Å². The third kappa shape index (κ3) is 4.58. The SMILES string of the molecule is O=C(O)CO[C@H]1CCOC[C@H]1NC(=O)c1cnc(-c2cccnc2)nc1. The number of carbonyl (C=O) groups excluding carboxylic acids is 1. The average Bonchev–Trinajstić information content (AvgIpc) is 2.68. The van der Waals surface area contributed by atoms with E-state index in [1.54, 1.807) is 18.5 Å². The number of rotatable bonds is 6. The number of carboxylic acids is 1. The van der Waals surface area contributed by atoms with Gasteiger partial charge in [-0.15, -0.1) is 0 Å². The molecule has 1 fully saturated rings. The molecular formula is C17H18N4O5. The Bertz CT molecular complexity index is 754. The molecule has 2 aromatic heterocycles. The molecule has 0 bridgehead atoms. The van der Waals surface area contributed by atoms with E-state index in [9.17, 15) is 9.59 Å². The molecule has 26 heavy (non-hydrogen) atoms. The first kappa shape index (κ1) is 17.9. The highest BCUT2D eigenvalue weighted by Crippen LogP contribution is 2.14. The zero-order chi connectivity index (χ0) is 18.4. The molecule has 1 aliphatic rings. The van der Waals surface area contributed by atoms with Crippen LogP contribution in [0, 0.1) is 0 Å². The van der Waals surface area contributed by atoms with Crippen molar-refractivity contribution in [3.63, 3.8) is 0 Å². The zero-order valence-electron chi connectivity index (χ0n) is 13.9. The maximum Gasteiger partial charge on any atom is 0.329 e. The first-order valence-corrected chi connectivity index (χ1v) is 8.08. The summed E-state index contributed by atoms with van der Waals surface area (Å²) in [4.78, 5) is 35.5. The van der Waals surface area contributed by atoms with Crippen LogP contribution < -0.4 is 5.32 Å². The lowest BCUT2D eigenvalue weighted by atomic mass is 10.1. The Labute approximate surface area is 149 Å². The first-order valence-electron chi connectivity index (χ1n) is 8.08. The monoisotopic (exact) mass is 358 g/mol. The molecule has 0 radical (unpaired) electrons. The summed E-state index contributed by atoms with van der Waals surface area (Å²) in [6.45, 7) is 0.296. The number of nitrogens with one attached hydrogen (secondary N) is 1. The standard InChI is InChI=1S/C17H18N4O5/c22-15(23)10-26-14-3-5-25-9-13(14)21-17(24)12-7-19-16(20-8-12)11-2-1-4-18-6-11/h1-2,4,6-8,13-14H,3,5,9-10H2,(H,21,24)(H,22,23)/t13-,14+/m1/s1. The molecule has 0 saturated carbocycles. The molecule has 0 unspecified atom stereocenters. The largest absolute Gasteiger partial charge is 0.480 e. The van der Waals surface area contributed by atoms with Gasteiger partial charge < -0.3 is 19.9 Å². The fourth-order valence-corrected chi connectivity index (χ4v) is 2.57. The van der Waals surface area contributed by atoms with Crippen LogP contribution in [0.3, 0.4) is 0 Å². The molecule has 0 spiro atoms. The van der Waals surface area contributed by atoms with Gasteiger partial charge in [0.05, 0.1) is 24.3 Å². The van der Waals surface area contributed by atoms with E-state index in [4.69, 9.17) is 14.6 Å². The molecule has 2 aromatic rings. The van der Waals surface area contributed by atoms with Crippen LogP contribution in [0.5, 0.6) is 0 Å². The van der Waals surface area contributed by atoms with E-state index < -0.39 is 24.7 Å². The highest BCUT2D eigenvalue weighted by Gasteiger charge is 2.29. The van der Waals surface area contributed by atoms with Crippen molar-refractivity contribution in [3.05, 3.63) is 42.5 Å². The average molecular weight is 358 g/mol. The Balaban J connectivity index is 1.64. The highest BCUT2D eigenvalue weighted by atomic mass is 16.5. The van der Waals surface area contributed by atoms with Gasteiger partial charge >= 0.3 is 5.97 Å². The lowest BCUT2D eigenvalue weighted by molar-refractivity contribution is -0.147. The summed E-state index contributed by atoms with van der Waals surface area (Å²) in [6.07, 6.45) is 6.25. The second-order valence-electron chi connectivity index (χ2n) is 5.72. The number of hydrogen-bond acceptors (Lipinski definition) is 7. The number of nitrogens with zero attached hydrogens (tertiary/aromatic N) is 3. The molecule has 2 atom stereocenters. The predicted molar refractivity (Wildman–Crippen MR) is 89.3 cm³/mol. The highest BCUT2D eigenvalue weighted by molar-refractivity contribution is 5.94. The molecule has 1 aliphatic heterocycles. The molecule has 1 saturated heterocycles. The Morgan fingerprint density at radius 1 is 1.31 bits per heavy atom. The van der Waals surface area contributed by atoms with Crippen LogP contribution in [0.1, 0.15) is 16.8 Å². The molecule has 2 N–H and O–H groups in total. The topological polar surface area (TPSA) is 124 Å². The van der Waals surface area contributed by atoms with Crippen LogP contribution in [0.25, 0.3) is 11.4 Å². The van der Waals surface area contributed by atoms with E-state index in [1.165, 1.54) is 12.4 Å². The minimum absolute atomic E-state index is 0.255. The van der Waals surface area contributed by atoms with E-state index in [2.05, 4.69) is 20.3 Å². The van der Waals surface area contributed by atoms with Crippen LogP contribution in [0.4, 0.5) is 0 Å². The number of aromatic nitrogens is 3. The summed E-state index contributed by atoms with van der Waals surface area (Å²) < 4.78 is 10.7. The van der Waals surface area contributed by atoms with Gasteiger partial charge in [-0.25, -0.2) is 14.8 Å². The lowest BCUT2D eigenvalue weighted by Crippen LogP contribution is -2.51. The summed E-state index contributed by atoms with van der Waals surface area (Å²) in [6, 6.07) is 3.17. The summed E-state index contributed by atoms with van der Waals surface area (Å²) in [7, 11) is 0. The van der Waals surface area contributed by atoms with Crippen LogP contribution in [-0.4, -0.2) is 63.9 Å². The number of carboxylic acid groups (broad SMARTS) is 1. The van der Waals surface area contributed by atoms with Gasteiger partial charge in [-0.2, -0.15) is 0 Å². The van der Waals surface area contributed by atoms with Gasteiger partial charge in [-0.05, 0) is 18.6 Å². The molecule has 3 heterocycles. The van der Waals surface area contributed by atoms with E-state index >= 15 is 0 Å². The van der Waals surface area contributed by atoms with Crippen molar-refractivity contribution in [2.45, 2.75) is 18.6 Å². The fraction of sp³-hybridized carbons (Fsp3) is 0.353. The van der Waals surface area contributed by atoms with E-state index in [-0.39, 0.29) is 12.5 Å². The van der Waals surface area contributed by atoms with E-state index in [0.717, 1.165) is 5.56 Å².